The Hall–Kier alpha value is -0.542. The number of phenolic OH excluding ortho intramolecular Hbond substituents is 1. The van der Waals surface area contributed by atoms with Crippen LogP contribution >= 0.6 is 15.8 Å². The zero-order chi connectivity index (χ0) is 21.0. The number of hydrogen-bond acceptors (Lipinski definition) is 2. The van der Waals surface area contributed by atoms with Crippen LogP contribution in [0.15, 0.2) is 48.5 Å². The predicted molar refractivity (Wildman–Crippen MR) is 129 cm³/mol. The Kier molecular flexibility index (Phi) is 10.2. The van der Waals surface area contributed by atoms with Crippen molar-refractivity contribution in [2.45, 2.75) is 76.0 Å². The van der Waals surface area contributed by atoms with Crippen molar-refractivity contribution in [3.8, 4) is 5.75 Å². The van der Waals surface area contributed by atoms with E-state index in [1.807, 2.05) is 0 Å². The molecule has 0 spiro atoms. The van der Waals surface area contributed by atoms with Crippen LogP contribution in [0.4, 0.5) is 0 Å². The van der Waals surface area contributed by atoms with Gasteiger partial charge in [0, 0.05) is 26.8 Å². The van der Waals surface area contributed by atoms with Gasteiger partial charge in [-0.25, -0.2) is 0 Å². The molecule has 0 radical (unpaired) electrons. The van der Waals surface area contributed by atoms with Gasteiger partial charge in [0.1, 0.15) is 0 Å². The van der Waals surface area contributed by atoms with Gasteiger partial charge < -0.3 is 9.90 Å². The van der Waals surface area contributed by atoms with E-state index in [0.29, 0.717) is 0 Å². The fourth-order valence-electron chi connectivity index (χ4n) is 4.80. The smallest absolute Gasteiger partial charge is 0.0662 e. The molecule has 0 amide bonds. The van der Waals surface area contributed by atoms with Crippen LogP contribution in [0, 0.1) is 0 Å². The SMILES string of the molecule is C[C@@H]1CC[C@@H](C)P1c1ccccc1P1[C@H](C)CC[C@H]1C.O=[C-]c1ccccc1O.[Pt]. The van der Waals surface area contributed by atoms with Gasteiger partial charge in [-0.2, -0.15) is 6.07 Å². The van der Waals surface area contributed by atoms with Crippen molar-refractivity contribution in [2.75, 3.05) is 0 Å². The van der Waals surface area contributed by atoms with E-state index in [1.54, 1.807) is 29.0 Å². The van der Waals surface area contributed by atoms with Gasteiger partial charge in [-0.3, -0.25) is 0 Å². The van der Waals surface area contributed by atoms with Crippen LogP contribution in [-0.4, -0.2) is 34.0 Å². The Bertz CT molecular complexity index is 765. The van der Waals surface area contributed by atoms with Crippen molar-refractivity contribution in [1.82, 2.24) is 0 Å². The Morgan fingerprint density at radius 3 is 1.43 bits per heavy atom. The van der Waals surface area contributed by atoms with Crippen molar-refractivity contribution in [2.24, 2.45) is 0 Å². The van der Waals surface area contributed by atoms with Crippen molar-refractivity contribution < 1.29 is 31.0 Å². The normalized spacial score (nSPS) is 26.5. The van der Waals surface area contributed by atoms with Gasteiger partial charge in [-0.1, -0.05) is 79.9 Å². The predicted octanol–water partition coefficient (Wildman–Crippen LogP) is 5.89. The number of aromatic hydroxyl groups is 1. The molecule has 1 N–H and O–H groups in total. The Balaban J connectivity index is 0.000000272. The molecule has 2 nitrogen and oxygen atoms in total. The first kappa shape index (κ1) is 25.7. The van der Waals surface area contributed by atoms with Gasteiger partial charge in [-0.15, -0.1) is 11.6 Å². The van der Waals surface area contributed by atoms with E-state index in [4.69, 9.17) is 5.11 Å². The average Bonchev–Trinajstić information content (AvgIpc) is 3.23. The average molecular weight is 623 g/mol. The third-order valence-corrected chi connectivity index (χ3v) is 13.3. The van der Waals surface area contributed by atoms with E-state index in [-0.39, 0.29) is 48.2 Å². The molecule has 0 saturated carbocycles. The Labute approximate surface area is 199 Å². The van der Waals surface area contributed by atoms with E-state index >= 15 is 0 Å². The van der Waals surface area contributed by atoms with Crippen LogP contribution in [0.1, 0.15) is 58.9 Å². The summed E-state index contributed by atoms with van der Waals surface area (Å²) in [5, 5.41) is 12.4. The second-order valence-electron chi connectivity index (χ2n) is 8.47. The minimum Gasteiger partial charge on any atom is -0.565 e. The second kappa shape index (κ2) is 11.9. The van der Waals surface area contributed by atoms with Crippen LogP contribution in [0.5, 0.6) is 5.75 Å². The first-order valence-corrected chi connectivity index (χ1v) is 13.7. The molecule has 30 heavy (non-hydrogen) atoms. The summed E-state index contributed by atoms with van der Waals surface area (Å²) in [4.78, 5) is 9.94. The summed E-state index contributed by atoms with van der Waals surface area (Å²) in [6.45, 7) is 10.0. The molecule has 166 valence electrons. The molecule has 2 fully saturated rings. The van der Waals surface area contributed by atoms with Crippen molar-refractivity contribution >= 4 is 32.7 Å². The van der Waals surface area contributed by atoms with Gasteiger partial charge in [-0.05, 0) is 58.9 Å². The minimum absolute atomic E-state index is 0. The Morgan fingerprint density at radius 2 is 1.10 bits per heavy atom. The standard InChI is InChI=1S/C18H28P2.C7H5O2.Pt/c1-13-9-10-14(2)19(13)17-7-5-6-8-18(17)20-15(3)11-12-16(20)4;8-5-6-3-1-2-4-7(6)9;/h5-8,13-16H,9-12H2,1-4H3;1-4,9H;/q;-1;/t13-,14-,15-,16-;;/m1../s1. The third kappa shape index (κ3) is 5.82. The molecule has 2 saturated heterocycles. The van der Waals surface area contributed by atoms with Crippen LogP contribution in [0.2, 0.25) is 0 Å². The largest absolute Gasteiger partial charge is 0.565 e. The van der Waals surface area contributed by atoms with E-state index in [9.17, 15) is 4.79 Å². The van der Waals surface area contributed by atoms with Gasteiger partial charge in [0.25, 0.3) is 0 Å². The maximum Gasteiger partial charge on any atom is 0.0662 e. The number of carbonyl (C=O) groups excluding carboxylic acids is 1. The van der Waals surface area contributed by atoms with E-state index in [1.165, 1.54) is 37.8 Å². The molecule has 4 atom stereocenters. The van der Waals surface area contributed by atoms with Crippen LogP contribution in [0.3, 0.4) is 0 Å². The van der Waals surface area contributed by atoms with E-state index in [2.05, 4.69) is 52.0 Å². The topological polar surface area (TPSA) is 37.3 Å². The fraction of sp³-hybridized carbons (Fsp3) is 0.480. The van der Waals surface area contributed by atoms with E-state index < -0.39 is 0 Å². The Morgan fingerprint density at radius 1 is 0.733 bits per heavy atom. The monoisotopic (exact) mass is 622 g/mol. The number of rotatable bonds is 3. The molecular weight excluding hydrogens is 589 g/mol. The maximum absolute atomic E-state index is 9.94. The van der Waals surface area contributed by atoms with Crippen LogP contribution < -0.4 is 10.6 Å². The second-order valence-corrected chi connectivity index (χ2v) is 14.6. The number of phenols is 1. The summed E-state index contributed by atoms with van der Waals surface area (Å²) in [5.74, 6) is -0.0208. The number of hydrogen-bond donors (Lipinski definition) is 1. The summed E-state index contributed by atoms with van der Waals surface area (Å²) in [6, 6.07) is 15.8. The molecule has 5 heteroatoms. The van der Waals surface area contributed by atoms with Gasteiger partial charge in [0.15, 0.2) is 0 Å². The molecule has 0 aliphatic carbocycles. The molecule has 4 rings (SSSR count). The molecule has 2 aromatic carbocycles. The first-order valence-electron chi connectivity index (χ1n) is 10.8. The van der Waals surface area contributed by atoms with E-state index in [0.717, 1.165) is 22.6 Å². The maximum atomic E-state index is 9.94. The zero-order valence-electron chi connectivity index (χ0n) is 18.3. The summed E-state index contributed by atoms with van der Waals surface area (Å²) >= 11 is 0. The molecular formula is C25H33O2P2Pt-. The fourth-order valence-corrected chi connectivity index (χ4v) is 12.0. The molecule has 0 aromatic heterocycles. The summed E-state index contributed by atoms with van der Waals surface area (Å²) < 4.78 is 0. The van der Waals surface area contributed by atoms with Crippen molar-refractivity contribution in [3.05, 3.63) is 54.1 Å². The van der Waals surface area contributed by atoms with Crippen molar-refractivity contribution in [1.29, 1.82) is 0 Å². The molecule has 2 aromatic rings. The van der Waals surface area contributed by atoms with Crippen LogP contribution in [0.25, 0.3) is 0 Å². The van der Waals surface area contributed by atoms with Gasteiger partial charge in [0.05, 0.1) is 6.29 Å². The molecule has 0 unspecified atom stereocenters. The molecule has 0 bridgehead atoms. The summed E-state index contributed by atoms with van der Waals surface area (Å²) in [6.07, 6.45) is 7.39. The quantitative estimate of drug-likeness (QED) is 0.343. The third-order valence-electron chi connectivity index (χ3n) is 6.36. The van der Waals surface area contributed by atoms with Crippen LogP contribution in [-0.2, 0) is 25.9 Å². The summed E-state index contributed by atoms with van der Waals surface area (Å²) in [7, 11) is 0.157. The molecule has 2 aliphatic rings. The number of para-hydroxylation sites is 1. The summed E-state index contributed by atoms with van der Waals surface area (Å²) in [5.41, 5.74) is 3.94. The molecule has 2 aliphatic heterocycles. The van der Waals surface area contributed by atoms with Crippen molar-refractivity contribution in [3.63, 3.8) is 0 Å². The number of benzene rings is 2. The van der Waals surface area contributed by atoms with Gasteiger partial charge in [0.2, 0.25) is 0 Å². The minimum atomic E-state index is -0.0208. The zero-order valence-corrected chi connectivity index (χ0v) is 22.4. The first-order chi connectivity index (χ1) is 13.9. The van der Waals surface area contributed by atoms with Gasteiger partial charge >= 0.3 is 0 Å². The molecule has 2 heterocycles.